The molecule has 0 amide bonds. The zero-order chi connectivity index (χ0) is 15.3. The number of hydrogen-bond donors (Lipinski definition) is 1. The van der Waals surface area contributed by atoms with Crippen molar-refractivity contribution in [3.8, 4) is 0 Å². The number of esters is 1. The summed E-state index contributed by atoms with van der Waals surface area (Å²) in [7, 11) is 0. The van der Waals surface area contributed by atoms with E-state index in [1.54, 1.807) is 0 Å². The lowest BCUT2D eigenvalue weighted by Gasteiger charge is -2.16. The Hall–Kier alpha value is -2.05. The second-order valence-corrected chi connectivity index (χ2v) is 3.95. The van der Waals surface area contributed by atoms with Gasteiger partial charge in [-0.05, 0) is 25.0 Å². The number of alkyl halides is 3. The fourth-order valence-corrected chi connectivity index (χ4v) is 1.76. The molecule has 1 aromatic rings. The lowest BCUT2D eigenvalue weighted by atomic mass is 9.97. The van der Waals surface area contributed by atoms with Gasteiger partial charge in [-0.2, -0.15) is 13.2 Å². The summed E-state index contributed by atoms with van der Waals surface area (Å²) in [6.45, 7) is 1.44. The van der Waals surface area contributed by atoms with E-state index in [0.29, 0.717) is 0 Å². The van der Waals surface area contributed by atoms with Crippen LogP contribution in [0.5, 0.6) is 0 Å². The molecule has 0 unspecified atom stereocenters. The first kappa shape index (κ1) is 16.0. The van der Waals surface area contributed by atoms with Crippen LogP contribution in [-0.2, 0) is 22.1 Å². The maximum Gasteiger partial charge on any atom is 0.417 e. The largest absolute Gasteiger partial charge is 0.481 e. The van der Waals surface area contributed by atoms with Crippen LogP contribution < -0.4 is 0 Å². The molecular weight excluding hydrogens is 277 g/mol. The fraction of sp³-hybridized carbons (Fsp3) is 0.385. The average molecular weight is 290 g/mol. The summed E-state index contributed by atoms with van der Waals surface area (Å²) >= 11 is 0. The molecule has 0 spiro atoms. The highest BCUT2D eigenvalue weighted by molar-refractivity contribution is 5.91. The van der Waals surface area contributed by atoms with Gasteiger partial charge in [0.2, 0.25) is 0 Å². The van der Waals surface area contributed by atoms with Gasteiger partial charge >= 0.3 is 18.1 Å². The SMILES string of the molecule is CCOC(=O)c1cccc(CCC(=O)O)c1C(F)(F)F. The molecule has 1 N–H and O–H groups in total. The van der Waals surface area contributed by atoms with Crippen LogP contribution in [0.3, 0.4) is 0 Å². The minimum Gasteiger partial charge on any atom is -0.481 e. The van der Waals surface area contributed by atoms with Gasteiger partial charge in [0.25, 0.3) is 0 Å². The summed E-state index contributed by atoms with van der Waals surface area (Å²) in [6.07, 6.45) is -5.51. The molecule has 20 heavy (non-hydrogen) atoms. The van der Waals surface area contributed by atoms with Crippen LogP contribution in [0.25, 0.3) is 0 Å². The second-order valence-electron chi connectivity index (χ2n) is 3.95. The van der Waals surface area contributed by atoms with Gasteiger partial charge in [-0.3, -0.25) is 4.79 Å². The zero-order valence-electron chi connectivity index (χ0n) is 10.7. The number of ether oxygens (including phenoxy) is 1. The van der Waals surface area contributed by atoms with E-state index in [4.69, 9.17) is 5.11 Å². The van der Waals surface area contributed by atoms with E-state index in [9.17, 15) is 22.8 Å². The molecule has 0 aliphatic heterocycles. The Labute approximate surface area is 113 Å². The van der Waals surface area contributed by atoms with Gasteiger partial charge in [0, 0.05) is 6.42 Å². The Morgan fingerprint density at radius 1 is 1.30 bits per heavy atom. The summed E-state index contributed by atoms with van der Waals surface area (Å²) in [4.78, 5) is 22.0. The molecule has 110 valence electrons. The van der Waals surface area contributed by atoms with Crippen molar-refractivity contribution in [3.05, 3.63) is 34.9 Å². The first-order valence-corrected chi connectivity index (χ1v) is 5.85. The van der Waals surface area contributed by atoms with Gasteiger partial charge < -0.3 is 9.84 Å². The molecule has 0 bridgehead atoms. The summed E-state index contributed by atoms with van der Waals surface area (Å²) in [6, 6.07) is 3.46. The quantitative estimate of drug-likeness (QED) is 0.847. The number of halogens is 3. The standard InChI is InChI=1S/C13H13F3O4/c1-2-20-12(19)9-5-3-4-8(6-7-10(17)18)11(9)13(14,15)16/h3-5H,2,6-7H2,1H3,(H,17,18). The molecule has 0 fully saturated rings. The molecule has 1 aromatic carbocycles. The minimum absolute atomic E-state index is 0.0461. The highest BCUT2D eigenvalue weighted by Crippen LogP contribution is 2.35. The third-order valence-corrected chi connectivity index (χ3v) is 2.54. The summed E-state index contributed by atoms with van der Waals surface area (Å²) in [5.74, 6) is -2.28. The first-order chi connectivity index (χ1) is 9.27. The predicted octanol–water partition coefficient (Wildman–Crippen LogP) is 2.90. The van der Waals surface area contributed by atoms with Gasteiger partial charge in [-0.1, -0.05) is 12.1 Å². The third kappa shape index (κ3) is 3.97. The number of carbonyl (C=O) groups is 2. The monoisotopic (exact) mass is 290 g/mol. The number of hydrogen-bond acceptors (Lipinski definition) is 3. The Kier molecular flexibility index (Phi) is 5.12. The van der Waals surface area contributed by atoms with Crippen LogP contribution in [0.15, 0.2) is 18.2 Å². The lowest BCUT2D eigenvalue weighted by Crippen LogP contribution is -2.18. The summed E-state index contributed by atoms with van der Waals surface area (Å²) in [5, 5.41) is 8.56. The van der Waals surface area contributed by atoms with Crippen LogP contribution in [0.2, 0.25) is 0 Å². The van der Waals surface area contributed by atoms with Crippen LogP contribution >= 0.6 is 0 Å². The second kappa shape index (κ2) is 6.40. The van der Waals surface area contributed by atoms with Crippen molar-refractivity contribution in [3.63, 3.8) is 0 Å². The number of aryl methyl sites for hydroxylation is 1. The summed E-state index contributed by atoms with van der Waals surface area (Å²) < 4.78 is 43.8. The molecule has 1 rings (SSSR count). The number of carboxylic acids is 1. The van der Waals surface area contributed by atoms with Gasteiger partial charge in [0.15, 0.2) is 0 Å². The molecular formula is C13H13F3O4. The van der Waals surface area contributed by atoms with Crippen LogP contribution in [-0.4, -0.2) is 23.7 Å². The van der Waals surface area contributed by atoms with E-state index in [0.717, 1.165) is 12.1 Å². The Balaban J connectivity index is 3.27. The molecule has 0 aliphatic rings. The van der Waals surface area contributed by atoms with E-state index in [1.807, 2.05) is 0 Å². The zero-order valence-corrected chi connectivity index (χ0v) is 10.7. The Bertz CT molecular complexity index is 509. The van der Waals surface area contributed by atoms with Crippen LogP contribution in [0, 0.1) is 0 Å². The molecule has 0 atom stereocenters. The van der Waals surface area contributed by atoms with Gasteiger partial charge in [0.1, 0.15) is 0 Å². The molecule has 4 nitrogen and oxygen atoms in total. The van der Waals surface area contributed by atoms with Crippen molar-refractivity contribution in [2.24, 2.45) is 0 Å². The summed E-state index contributed by atoms with van der Waals surface area (Å²) in [5.41, 5.74) is -1.95. The van der Waals surface area contributed by atoms with Gasteiger partial charge in [-0.25, -0.2) is 4.79 Å². The first-order valence-electron chi connectivity index (χ1n) is 5.85. The predicted molar refractivity (Wildman–Crippen MR) is 63.4 cm³/mol. The number of aliphatic carboxylic acids is 1. The van der Waals surface area contributed by atoms with Crippen molar-refractivity contribution in [1.82, 2.24) is 0 Å². The molecule has 0 radical (unpaired) electrons. The van der Waals surface area contributed by atoms with E-state index >= 15 is 0 Å². The smallest absolute Gasteiger partial charge is 0.417 e. The number of carboxylic acid groups (broad SMARTS) is 1. The molecule has 0 aliphatic carbocycles. The van der Waals surface area contributed by atoms with E-state index in [2.05, 4.69) is 4.74 Å². The van der Waals surface area contributed by atoms with E-state index in [-0.39, 0.29) is 18.6 Å². The van der Waals surface area contributed by atoms with Crippen molar-refractivity contribution in [2.45, 2.75) is 25.9 Å². The molecule has 0 aromatic heterocycles. The molecule has 0 heterocycles. The van der Waals surface area contributed by atoms with Gasteiger partial charge in [0.05, 0.1) is 17.7 Å². The van der Waals surface area contributed by atoms with Crippen LogP contribution in [0.1, 0.15) is 34.8 Å². The van der Waals surface area contributed by atoms with Crippen molar-refractivity contribution in [2.75, 3.05) is 6.61 Å². The fourth-order valence-electron chi connectivity index (χ4n) is 1.76. The van der Waals surface area contributed by atoms with Crippen molar-refractivity contribution >= 4 is 11.9 Å². The number of benzene rings is 1. The van der Waals surface area contributed by atoms with Gasteiger partial charge in [-0.15, -0.1) is 0 Å². The molecule has 0 saturated carbocycles. The van der Waals surface area contributed by atoms with E-state index in [1.165, 1.54) is 13.0 Å². The normalized spacial score (nSPS) is 11.2. The maximum absolute atomic E-state index is 13.1. The Morgan fingerprint density at radius 2 is 1.95 bits per heavy atom. The highest BCUT2D eigenvalue weighted by Gasteiger charge is 2.38. The Morgan fingerprint density at radius 3 is 2.45 bits per heavy atom. The average Bonchev–Trinajstić information content (AvgIpc) is 2.35. The number of carbonyl (C=O) groups excluding carboxylic acids is 1. The van der Waals surface area contributed by atoms with Crippen molar-refractivity contribution in [1.29, 1.82) is 0 Å². The molecule has 0 saturated heterocycles. The topological polar surface area (TPSA) is 63.6 Å². The van der Waals surface area contributed by atoms with Crippen LogP contribution in [0.4, 0.5) is 13.2 Å². The molecule has 7 heteroatoms. The van der Waals surface area contributed by atoms with Crippen molar-refractivity contribution < 1.29 is 32.6 Å². The highest BCUT2D eigenvalue weighted by atomic mass is 19.4. The lowest BCUT2D eigenvalue weighted by molar-refractivity contribution is -0.140. The number of rotatable bonds is 5. The maximum atomic E-state index is 13.1. The minimum atomic E-state index is -4.75. The van der Waals surface area contributed by atoms with E-state index < -0.39 is 35.7 Å². The third-order valence-electron chi connectivity index (χ3n) is 2.54.